The fourth-order valence-corrected chi connectivity index (χ4v) is 4.71. The number of rotatable bonds is 4. The van der Waals surface area contributed by atoms with E-state index in [2.05, 4.69) is 4.98 Å². The predicted octanol–water partition coefficient (Wildman–Crippen LogP) is 5.54. The minimum absolute atomic E-state index is 0.0110. The van der Waals surface area contributed by atoms with Crippen molar-refractivity contribution >= 4 is 32.3 Å². The van der Waals surface area contributed by atoms with Crippen LogP contribution >= 0.6 is 11.6 Å². The molecular weight excluding hydrogens is 413 g/mol. The smallest absolute Gasteiger partial charge is 0.208 e. The van der Waals surface area contributed by atoms with E-state index in [0.29, 0.717) is 32.8 Å². The minimum Gasteiger partial charge on any atom is -0.497 e. The van der Waals surface area contributed by atoms with Crippen molar-refractivity contribution in [1.29, 1.82) is 0 Å². The van der Waals surface area contributed by atoms with Gasteiger partial charge < -0.3 is 4.74 Å². The first-order valence-electron chi connectivity index (χ1n) is 8.63. The zero-order valence-electron chi connectivity index (χ0n) is 15.3. The third-order valence-corrected chi connectivity index (χ3v) is 6.62. The van der Waals surface area contributed by atoms with E-state index in [1.807, 2.05) is 0 Å². The Hall–Kier alpha value is -2.96. The highest BCUT2D eigenvalue weighted by molar-refractivity contribution is 7.91. The van der Waals surface area contributed by atoms with Gasteiger partial charge in [0, 0.05) is 22.2 Å². The highest BCUT2D eigenvalue weighted by Crippen LogP contribution is 2.37. The first kappa shape index (κ1) is 19.4. The molecule has 0 aliphatic carbocycles. The Morgan fingerprint density at radius 3 is 2.31 bits per heavy atom. The summed E-state index contributed by atoms with van der Waals surface area (Å²) in [7, 11) is -2.43. The number of aromatic nitrogens is 1. The first-order chi connectivity index (χ1) is 13.9. The predicted molar refractivity (Wildman–Crippen MR) is 111 cm³/mol. The molecule has 0 aliphatic heterocycles. The number of hydrogen-bond acceptors (Lipinski definition) is 4. The minimum atomic E-state index is -3.93. The number of nitrogens with zero attached hydrogens (tertiary/aromatic N) is 1. The maximum atomic E-state index is 14.0. The molecule has 4 aromatic rings. The Kier molecular flexibility index (Phi) is 4.98. The standard InChI is InChI=1S/C22H15ClFNO3S/c1-28-17-7-9-18(10-8-17)29(26,27)21-13-25-20-11-6-16(24)12-19(20)22(21)14-2-4-15(23)5-3-14/h2-13H,1H3. The van der Waals surface area contributed by atoms with Crippen molar-refractivity contribution in [2.45, 2.75) is 9.79 Å². The second-order valence-electron chi connectivity index (χ2n) is 6.34. The van der Waals surface area contributed by atoms with Gasteiger partial charge in [0.2, 0.25) is 9.84 Å². The van der Waals surface area contributed by atoms with Crippen molar-refractivity contribution in [3.8, 4) is 16.9 Å². The molecule has 0 N–H and O–H groups in total. The summed E-state index contributed by atoms with van der Waals surface area (Å²) in [6.07, 6.45) is 1.31. The molecular formula is C22H15ClFNO3S. The van der Waals surface area contributed by atoms with Gasteiger partial charge in [0.15, 0.2) is 0 Å². The summed E-state index contributed by atoms with van der Waals surface area (Å²) in [5.41, 5.74) is 1.46. The molecule has 0 saturated heterocycles. The Bertz CT molecular complexity index is 1300. The van der Waals surface area contributed by atoms with Crippen LogP contribution in [0.4, 0.5) is 4.39 Å². The maximum Gasteiger partial charge on any atom is 0.208 e. The number of fused-ring (bicyclic) bond motifs is 1. The first-order valence-corrected chi connectivity index (χ1v) is 10.5. The van der Waals surface area contributed by atoms with Gasteiger partial charge in [0.05, 0.1) is 22.4 Å². The van der Waals surface area contributed by atoms with Crippen LogP contribution in [0, 0.1) is 5.82 Å². The highest BCUT2D eigenvalue weighted by atomic mass is 35.5. The topological polar surface area (TPSA) is 56.3 Å². The van der Waals surface area contributed by atoms with Crippen LogP contribution in [0.25, 0.3) is 22.0 Å². The number of pyridine rings is 1. The van der Waals surface area contributed by atoms with Crippen LogP contribution in [0.2, 0.25) is 5.02 Å². The molecule has 29 heavy (non-hydrogen) atoms. The number of benzene rings is 3. The molecule has 1 heterocycles. The molecule has 0 fully saturated rings. The molecule has 4 nitrogen and oxygen atoms in total. The third-order valence-electron chi connectivity index (χ3n) is 4.59. The molecule has 146 valence electrons. The van der Waals surface area contributed by atoms with E-state index in [0.717, 1.165) is 0 Å². The monoisotopic (exact) mass is 427 g/mol. The van der Waals surface area contributed by atoms with Crippen LogP contribution in [0.1, 0.15) is 0 Å². The van der Waals surface area contributed by atoms with Gasteiger partial charge in [-0.3, -0.25) is 4.98 Å². The zero-order valence-corrected chi connectivity index (χ0v) is 16.8. The van der Waals surface area contributed by atoms with Gasteiger partial charge in [0.25, 0.3) is 0 Å². The van der Waals surface area contributed by atoms with Gasteiger partial charge in [-0.05, 0) is 60.2 Å². The summed E-state index contributed by atoms with van der Waals surface area (Å²) in [5, 5.41) is 0.916. The van der Waals surface area contributed by atoms with Crippen LogP contribution in [0.15, 0.2) is 82.7 Å². The fraction of sp³-hybridized carbons (Fsp3) is 0.0455. The van der Waals surface area contributed by atoms with Gasteiger partial charge in [-0.25, -0.2) is 12.8 Å². The number of methoxy groups -OCH3 is 1. The van der Waals surface area contributed by atoms with Crippen LogP contribution < -0.4 is 4.74 Å². The van der Waals surface area contributed by atoms with Gasteiger partial charge in [-0.15, -0.1) is 0 Å². The summed E-state index contributed by atoms with van der Waals surface area (Å²) < 4.78 is 46.0. The van der Waals surface area contributed by atoms with E-state index in [-0.39, 0.29) is 9.79 Å². The molecule has 0 bridgehead atoms. The van der Waals surface area contributed by atoms with Crippen molar-refractivity contribution < 1.29 is 17.5 Å². The third kappa shape index (κ3) is 3.57. The lowest BCUT2D eigenvalue weighted by Crippen LogP contribution is -2.06. The molecule has 0 amide bonds. The summed E-state index contributed by atoms with van der Waals surface area (Å²) in [4.78, 5) is 4.33. The van der Waals surface area contributed by atoms with Crippen LogP contribution in [-0.2, 0) is 9.84 Å². The molecule has 0 saturated carbocycles. The number of halogens is 2. The summed E-state index contributed by atoms with van der Waals surface area (Å²) in [6.45, 7) is 0. The normalized spacial score (nSPS) is 11.6. The Morgan fingerprint density at radius 1 is 0.966 bits per heavy atom. The van der Waals surface area contributed by atoms with Crippen molar-refractivity contribution in [3.63, 3.8) is 0 Å². The molecule has 0 unspecified atom stereocenters. The van der Waals surface area contributed by atoms with Gasteiger partial charge >= 0.3 is 0 Å². The van der Waals surface area contributed by atoms with Crippen molar-refractivity contribution in [3.05, 3.63) is 83.8 Å². The average molecular weight is 428 g/mol. The van der Waals surface area contributed by atoms with Gasteiger partial charge in [-0.2, -0.15) is 0 Å². The Labute approximate surface area is 172 Å². The summed E-state index contributed by atoms with van der Waals surface area (Å²) in [6, 6.07) is 16.9. The summed E-state index contributed by atoms with van der Waals surface area (Å²) >= 11 is 5.99. The molecule has 0 aliphatic rings. The molecule has 3 aromatic carbocycles. The Morgan fingerprint density at radius 2 is 1.66 bits per heavy atom. The van der Waals surface area contributed by atoms with Crippen LogP contribution in [-0.4, -0.2) is 20.5 Å². The van der Waals surface area contributed by atoms with Crippen molar-refractivity contribution in [2.75, 3.05) is 7.11 Å². The second-order valence-corrected chi connectivity index (χ2v) is 8.70. The lowest BCUT2D eigenvalue weighted by Gasteiger charge is -2.14. The molecule has 0 spiro atoms. The van der Waals surface area contributed by atoms with E-state index < -0.39 is 15.7 Å². The lowest BCUT2D eigenvalue weighted by atomic mass is 10.0. The molecule has 0 atom stereocenters. The molecule has 7 heteroatoms. The summed E-state index contributed by atoms with van der Waals surface area (Å²) in [5.74, 6) is 0.0640. The van der Waals surface area contributed by atoms with Crippen molar-refractivity contribution in [1.82, 2.24) is 4.98 Å². The Balaban J connectivity index is 2.03. The van der Waals surface area contributed by atoms with Gasteiger partial charge in [0.1, 0.15) is 11.6 Å². The quantitative estimate of drug-likeness (QED) is 0.429. The van der Waals surface area contributed by atoms with Crippen molar-refractivity contribution in [2.24, 2.45) is 0 Å². The van der Waals surface area contributed by atoms with Crippen LogP contribution in [0.5, 0.6) is 5.75 Å². The SMILES string of the molecule is COc1ccc(S(=O)(=O)c2cnc3ccc(F)cc3c2-c2ccc(Cl)cc2)cc1. The largest absolute Gasteiger partial charge is 0.497 e. The molecule has 0 radical (unpaired) electrons. The second kappa shape index (κ2) is 7.46. The number of sulfone groups is 1. The lowest BCUT2D eigenvalue weighted by molar-refractivity contribution is 0.414. The number of hydrogen-bond donors (Lipinski definition) is 0. The highest BCUT2D eigenvalue weighted by Gasteiger charge is 2.25. The van der Waals surface area contributed by atoms with E-state index in [4.69, 9.17) is 16.3 Å². The van der Waals surface area contributed by atoms with Gasteiger partial charge in [-0.1, -0.05) is 23.7 Å². The fourth-order valence-electron chi connectivity index (χ4n) is 3.15. The number of ether oxygens (including phenoxy) is 1. The van der Waals surface area contributed by atoms with E-state index >= 15 is 0 Å². The van der Waals surface area contributed by atoms with E-state index in [9.17, 15) is 12.8 Å². The maximum absolute atomic E-state index is 14.0. The van der Waals surface area contributed by atoms with Crippen LogP contribution in [0.3, 0.4) is 0 Å². The molecule has 1 aromatic heterocycles. The average Bonchev–Trinajstić information content (AvgIpc) is 2.73. The molecule has 4 rings (SSSR count). The van der Waals surface area contributed by atoms with E-state index in [1.165, 1.54) is 43.6 Å². The van der Waals surface area contributed by atoms with E-state index in [1.54, 1.807) is 36.4 Å². The zero-order chi connectivity index (χ0) is 20.6.